The maximum atomic E-state index is 13.6. The summed E-state index contributed by atoms with van der Waals surface area (Å²) in [4.78, 5) is 27.0. The van der Waals surface area contributed by atoms with Gasteiger partial charge in [-0.05, 0) is 67.6 Å². The number of nitrogens with zero attached hydrogens (tertiary/aromatic N) is 1. The number of carboxylic acid groups (broad SMARTS) is 1. The molecule has 0 aromatic heterocycles. The first-order valence-corrected chi connectivity index (χ1v) is 9.64. The van der Waals surface area contributed by atoms with Gasteiger partial charge in [0.05, 0.1) is 11.3 Å². The number of carbonyl (C=O) groups is 2. The third-order valence-electron chi connectivity index (χ3n) is 7.38. The van der Waals surface area contributed by atoms with Crippen molar-refractivity contribution < 1.29 is 14.7 Å². The lowest BCUT2D eigenvalue weighted by Crippen LogP contribution is -2.61. The van der Waals surface area contributed by atoms with Crippen LogP contribution in [0, 0.1) is 34.0 Å². The standard InChI is InChI=1S/C20H31NO3/c1-13-4-15(16(22)23)9-21(8-13)17(24)20-7-14-5-18(2,11-20)10-19(3,6-14)12-20/h13-15H,4-12H2,1-3H3,(H,22,23). The van der Waals surface area contributed by atoms with Crippen LogP contribution < -0.4 is 0 Å². The zero-order valence-corrected chi connectivity index (χ0v) is 15.3. The first-order chi connectivity index (χ1) is 11.1. The van der Waals surface area contributed by atoms with E-state index in [0.717, 1.165) is 25.8 Å². The van der Waals surface area contributed by atoms with E-state index in [1.165, 1.54) is 19.3 Å². The second-order valence-corrected chi connectivity index (χ2v) is 10.5. The van der Waals surface area contributed by atoms with Crippen molar-refractivity contribution in [3.8, 4) is 0 Å². The molecule has 0 radical (unpaired) electrons. The van der Waals surface area contributed by atoms with Gasteiger partial charge in [0.25, 0.3) is 0 Å². The Morgan fingerprint density at radius 1 is 1.00 bits per heavy atom. The maximum Gasteiger partial charge on any atom is 0.308 e. The van der Waals surface area contributed by atoms with Gasteiger partial charge in [-0.1, -0.05) is 20.8 Å². The minimum Gasteiger partial charge on any atom is -0.481 e. The minimum atomic E-state index is -0.746. The van der Waals surface area contributed by atoms with Crippen LogP contribution in [0.3, 0.4) is 0 Å². The fourth-order valence-corrected chi connectivity index (χ4v) is 7.72. The smallest absolute Gasteiger partial charge is 0.308 e. The van der Waals surface area contributed by atoms with Crippen molar-refractivity contribution in [3.05, 3.63) is 0 Å². The van der Waals surface area contributed by atoms with E-state index in [0.29, 0.717) is 29.7 Å². The lowest BCUT2D eigenvalue weighted by Gasteiger charge is -2.65. The van der Waals surface area contributed by atoms with Crippen molar-refractivity contribution >= 4 is 11.9 Å². The largest absolute Gasteiger partial charge is 0.481 e. The van der Waals surface area contributed by atoms with Gasteiger partial charge in [-0.2, -0.15) is 0 Å². The monoisotopic (exact) mass is 333 g/mol. The summed E-state index contributed by atoms with van der Waals surface area (Å²) < 4.78 is 0. The van der Waals surface area contributed by atoms with E-state index in [2.05, 4.69) is 20.8 Å². The fraction of sp³-hybridized carbons (Fsp3) is 0.900. The Kier molecular flexibility index (Phi) is 3.41. The number of hydrogen-bond acceptors (Lipinski definition) is 2. The number of piperidine rings is 1. The third kappa shape index (κ3) is 2.48. The molecule has 4 bridgehead atoms. The van der Waals surface area contributed by atoms with Crippen molar-refractivity contribution in [2.75, 3.05) is 13.1 Å². The molecule has 5 fully saturated rings. The summed E-state index contributed by atoms with van der Waals surface area (Å²) in [5, 5.41) is 9.43. The molecule has 0 spiro atoms. The van der Waals surface area contributed by atoms with Gasteiger partial charge in [0.2, 0.25) is 5.91 Å². The average molecular weight is 333 g/mol. The van der Waals surface area contributed by atoms with Gasteiger partial charge in [0, 0.05) is 13.1 Å². The predicted molar refractivity (Wildman–Crippen MR) is 91.3 cm³/mol. The summed E-state index contributed by atoms with van der Waals surface area (Å²) in [6.45, 7) is 8.01. The number of rotatable bonds is 2. The molecule has 134 valence electrons. The molecule has 4 nitrogen and oxygen atoms in total. The normalized spacial score (nSPS) is 50.1. The quantitative estimate of drug-likeness (QED) is 0.841. The van der Waals surface area contributed by atoms with E-state index in [1.807, 2.05) is 4.90 Å². The average Bonchev–Trinajstić information content (AvgIpc) is 2.41. The molecule has 0 aromatic rings. The molecule has 5 rings (SSSR count). The zero-order chi connectivity index (χ0) is 17.3. The van der Waals surface area contributed by atoms with E-state index in [4.69, 9.17) is 0 Å². The highest BCUT2D eigenvalue weighted by Crippen LogP contribution is 2.69. The predicted octanol–water partition coefficient (Wildman–Crippen LogP) is 3.55. The molecule has 4 heteroatoms. The Hall–Kier alpha value is -1.06. The second-order valence-electron chi connectivity index (χ2n) is 10.5. The Labute approximate surface area is 145 Å². The molecule has 1 amide bonds. The molecule has 5 aliphatic rings. The van der Waals surface area contributed by atoms with Crippen LogP contribution >= 0.6 is 0 Å². The molecule has 1 saturated heterocycles. The molecule has 4 aliphatic carbocycles. The topological polar surface area (TPSA) is 57.6 Å². The van der Waals surface area contributed by atoms with Crippen LogP contribution in [-0.2, 0) is 9.59 Å². The summed E-state index contributed by atoms with van der Waals surface area (Å²) in [5.74, 6) is 0.116. The van der Waals surface area contributed by atoms with Crippen LogP contribution in [0.25, 0.3) is 0 Å². The summed E-state index contributed by atoms with van der Waals surface area (Å²) in [6, 6.07) is 0. The number of hydrogen-bond donors (Lipinski definition) is 1. The fourth-order valence-electron chi connectivity index (χ4n) is 7.72. The van der Waals surface area contributed by atoms with Crippen LogP contribution in [0.2, 0.25) is 0 Å². The van der Waals surface area contributed by atoms with E-state index >= 15 is 0 Å². The van der Waals surface area contributed by atoms with Crippen molar-refractivity contribution in [1.29, 1.82) is 0 Å². The number of aliphatic carboxylic acids is 1. The van der Waals surface area contributed by atoms with Gasteiger partial charge in [-0.3, -0.25) is 9.59 Å². The van der Waals surface area contributed by atoms with E-state index < -0.39 is 11.9 Å². The molecule has 1 heterocycles. The highest BCUT2D eigenvalue weighted by Gasteiger charge is 2.63. The van der Waals surface area contributed by atoms with E-state index in [-0.39, 0.29) is 17.2 Å². The van der Waals surface area contributed by atoms with Crippen LogP contribution in [0.4, 0.5) is 0 Å². The molecule has 24 heavy (non-hydrogen) atoms. The summed E-state index contributed by atoms with van der Waals surface area (Å²) in [7, 11) is 0. The van der Waals surface area contributed by atoms with Crippen molar-refractivity contribution in [1.82, 2.24) is 4.90 Å². The maximum absolute atomic E-state index is 13.6. The number of carboxylic acids is 1. The van der Waals surface area contributed by atoms with Crippen molar-refractivity contribution in [2.45, 2.75) is 65.7 Å². The molecule has 4 atom stereocenters. The van der Waals surface area contributed by atoms with Gasteiger partial charge in [0.15, 0.2) is 0 Å². The van der Waals surface area contributed by atoms with Gasteiger partial charge in [-0.25, -0.2) is 0 Å². The molecule has 4 saturated carbocycles. The first-order valence-electron chi connectivity index (χ1n) is 9.64. The summed E-state index contributed by atoms with van der Waals surface area (Å²) in [5.41, 5.74) is 0.428. The molecule has 4 unspecified atom stereocenters. The summed E-state index contributed by atoms with van der Waals surface area (Å²) in [6.07, 6.45) is 7.61. The number of amides is 1. The zero-order valence-electron chi connectivity index (χ0n) is 15.3. The molecule has 0 aromatic carbocycles. The number of carbonyl (C=O) groups excluding carboxylic acids is 1. The second kappa shape index (κ2) is 4.98. The SMILES string of the molecule is CC1CC(C(=O)O)CN(C(=O)C23CC4CC(C)(CC(C)(C4)C2)C3)C1. The Morgan fingerprint density at radius 2 is 1.62 bits per heavy atom. The van der Waals surface area contributed by atoms with Crippen molar-refractivity contribution in [2.24, 2.45) is 34.0 Å². The highest BCUT2D eigenvalue weighted by molar-refractivity contribution is 5.84. The van der Waals surface area contributed by atoms with Gasteiger partial charge in [0.1, 0.15) is 0 Å². The lowest BCUT2D eigenvalue weighted by molar-refractivity contribution is -0.182. The molecule has 1 N–H and O–H groups in total. The van der Waals surface area contributed by atoms with Gasteiger partial charge >= 0.3 is 5.97 Å². The van der Waals surface area contributed by atoms with E-state index in [1.54, 1.807) is 0 Å². The van der Waals surface area contributed by atoms with Gasteiger partial charge < -0.3 is 10.0 Å². The van der Waals surface area contributed by atoms with Gasteiger partial charge in [-0.15, -0.1) is 0 Å². The van der Waals surface area contributed by atoms with Crippen LogP contribution in [-0.4, -0.2) is 35.0 Å². The summed E-state index contributed by atoms with van der Waals surface area (Å²) >= 11 is 0. The highest BCUT2D eigenvalue weighted by atomic mass is 16.4. The number of likely N-dealkylation sites (tertiary alicyclic amines) is 1. The third-order valence-corrected chi connectivity index (χ3v) is 7.38. The van der Waals surface area contributed by atoms with Crippen LogP contribution in [0.1, 0.15) is 65.7 Å². The minimum absolute atomic E-state index is 0.205. The lowest BCUT2D eigenvalue weighted by atomic mass is 9.40. The van der Waals surface area contributed by atoms with Crippen LogP contribution in [0.5, 0.6) is 0 Å². The van der Waals surface area contributed by atoms with E-state index in [9.17, 15) is 14.7 Å². The Balaban J connectivity index is 1.61. The Bertz CT molecular complexity index is 567. The molecular formula is C20H31NO3. The Morgan fingerprint density at radius 3 is 2.17 bits per heavy atom. The molecular weight excluding hydrogens is 302 g/mol. The van der Waals surface area contributed by atoms with Crippen molar-refractivity contribution in [3.63, 3.8) is 0 Å². The van der Waals surface area contributed by atoms with Crippen LogP contribution in [0.15, 0.2) is 0 Å². The first kappa shape index (κ1) is 16.4. The molecule has 1 aliphatic heterocycles.